The predicted octanol–water partition coefficient (Wildman–Crippen LogP) is 3.17. The maximum Gasteiger partial charge on any atom is 0.325 e. The van der Waals surface area contributed by atoms with Crippen LogP contribution in [0.25, 0.3) is 0 Å². The third-order valence-electron chi connectivity index (χ3n) is 4.69. The van der Waals surface area contributed by atoms with E-state index in [9.17, 15) is 9.59 Å². The molecule has 1 aliphatic heterocycles. The molecule has 112 valence electrons. The van der Waals surface area contributed by atoms with E-state index < -0.39 is 5.54 Å². The van der Waals surface area contributed by atoms with Crippen LogP contribution in [-0.2, 0) is 11.3 Å². The first-order valence-corrected chi connectivity index (χ1v) is 7.75. The Labute approximate surface area is 125 Å². The molecule has 1 spiro atoms. The van der Waals surface area contributed by atoms with Crippen LogP contribution in [0, 0.1) is 0 Å². The van der Waals surface area contributed by atoms with E-state index in [1.165, 1.54) is 10.5 Å². The molecular weight excluding hydrogens is 264 g/mol. The molecule has 0 atom stereocenters. The maximum atomic E-state index is 12.6. The van der Waals surface area contributed by atoms with E-state index in [-0.39, 0.29) is 11.9 Å². The number of nitrogens with one attached hydrogen (secondary N) is 1. The zero-order valence-electron chi connectivity index (χ0n) is 12.7. The Bertz CT molecular complexity index is 557. The number of benzene rings is 1. The van der Waals surface area contributed by atoms with E-state index in [1.807, 2.05) is 12.1 Å². The first-order chi connectivity index (χ1) is 10.0. The van der Waals surface area contributed by atoms with Crippen molar-refractivity contribution in [3.63, 3.8) is 0 Å². The molecular formula is C17H22N2O2. The van der Waals surface area contributed by atoms with Crippen LogP contribution >= 0.6 is 0 Å². The molecule has 2 fully saturated rings. The molecule has 0 unspecified atom stereocenters. The molecule has 1 aromatic carbocycles. The van der Waals surface area contributed by atoms with Crippen LogP contribution in [0.15, 0.2) is 24.3 Å². The Balaban J connectivity index is 1.75. The quantitative estimate of drug-likeness (QED) is 0.868. The number of nitrogens with zero attached hydrogens (tertiary/aromatic N) is 1. The molecule has 2 aliphatic rings. The van der Waals surface area contributed by atoms with Gasteiger partial charge in [0.15, 0.2) is 0 Å². The predicted molar refractivity (Wildman–Crippen MR) is 80.8 cm³/mol. The van der Waals surface area contributed by atoms with Crippen LogP contribution in [0.3, 0.4) is 0 Å². The lowest BCUT2D eigenvalue weighted by Crippen LogP contribution is -2.44. The van der Waals surface area contributed by atoms with Crippen molar-refractivity contribution < 1.29 is 9.59 Å². The third-order valence-corrected chi connectivity index (χ3v) is 4.69. The summed E-state index contributed by atoms with van der Waals surface area (Å²) in [4.78, 5) is 26.1. The Hall–Kier alpha value is -1.84. The summed E-state index contributed by atoms with van der Waals surface area (Å²) in [5.74, 6) is 0.440. The topological polar surface area (TPSA) is 49.4 Å². The fraction of sp³-hybridized carbons (Fsp3) is 0.529. The number of amides is 3. The van der Waals surface area contributed by atoms with Gasteiger partial charge in [0.1, 0.15) is 5.54 Å². The lowest BCUT2D eigenvalue weighted by Gasteiger charge is -2.20. The van der Waals surface area contributed by atoms with Crippen molar-refractivity contribution in [1.29, 1.82) is 0 Å². The van der Waals surface area contributed by atoms with Crippen LogP contribution < -0.4 is 5.32 Å². The first kappa shape index (κ1) is 14.1. The molecule has 3 amide bonds. The van der Waals surface area contributed by atoms with E-state index in [1.54, 1.807) is 0 Å². The molecule has 0 radical (unpaired) electrons. The van der Waals surface area contributed by atoms with Gasteiger partial charge in [-0.25, -0.2) is 4.79 Å². The third kappa shape index (κ3) is 2.43. The zero-order chi connectivity index (χ0) is 15.0. The summed E-state index contributed by atoms with van der Waals surface area (Å²) >= 11 is 0. The first-order valence-electron chi connectivity index (χ1n) is 7.75. The second kappa shape index (κ2) is 5.17. The highest BCUT2D eigenvalue weighted by Crippen LogP contribution is 2.35. The Kier molecular flexibility index (Phi) is 3.47. The zero-order valence-corrected chi connectivity index (χ0v) is 12.7. The minimum atomic E-state index is -0.602. The summed E-state index contributed by atoms with van der Waals surface area (Å²) in [6.45, 7) is 4.66. The minimum absolute atomic E-state index is 0.0436. The summed E-state index contributed by atoms with van der Waals surface area (Å²) in [6.07, 6.45) is 3.59. The summed E-state index contributed by atoms with van der Waals surface area (Å²) in [5, 5.41) is 2.92. The highest BCUT2D eigenvalue weighted by Gasteiger charge is 2.52. The smallest absolute Gasteiger partial charge is 0.323 e. The van der Waals surface area contributed by atoms with Gasteiger partial charge in [0.2, 0.25) is 0 Å². The van der Waals surface area contributed by atoms with E-state index in [4.69, 9.17) is 0 Å². The molecule has 1 N–H and O–H groups in total. The highest BCUT2D eigenvalue weighted by atomic mass is 16.2. The number of hydrogen-bond donors (Lipinski definition) is 1. The molecule has 21 heavy (non-hydrogen) atoms. The Morgan fingerprint density at radius 2 is 1.76 bits per heavy atom. The average molecular weight is 286 g/mol. The normalized spacial score (nSPS) is 20.6. The molecule has 1 saturated heterocycles. The van der Waals surface area contributed by atoms with E-state index in [2.05, 4.69) is 31.3 Å². The SMILES string of the molecule is CC(C)c1ccc(CN2C(=O)NC3(CCCC3)C2=O)cc1. The van der Waals surface area contributed by atoms with Crippen molar-refractivity contribution in [2.75, 3.05) is 0 Å². The van der Waals surface area contributed by atoms with Gasteiger partial charge in [-0.05, 0) is 29.9 Å². The molecule has 1 aliphatic carbocycles. The van der Waals surface area contributed by atoms with Crippen molar-refractivity contribution in [2.45, 2.75) is 57.5 Å². The van der Waals surface area contributed by atoms with Gasteiger partial charge in [-0.15, -0.1) is 0 Å². The molecule has 4 heteroatoms. The fourth-order valence-corrected chi connectivity index (χ4v) is 3.33. The lowest BCUT2D eigenvalue weighted by atomic mass is 9.98. The van der Waals surface area contributed by atoms with Gasteiger partial charge in [-0.3, -0.25) is 9.69 Å². The molecule has 4 nitrogen and oxygen atoms in total. The van der Waals surface area contributed by atoms with Gasteiger partial charge < -0.3 is 5.32 Å². The summed E-state index contributed by atoms with van der Waals surface area (Å²) in [6, 6.07) is 7.92. The van der Waals surface area contributed by atoms with Crippen LogP contribution in [0.2, 0.25) is 0 Å². The van der Waals surface area contributed by atoms with Gasteiger partial charge in [-0.1, -0.05) is 51.0 Å². The fourth-order valence-electron chi connectivity index (χ4n) is 3.33. The second-order valence-corrected chi connectivity index (χ2v) is 6.51. The molecule has 1 aromatic rings. The Morgan fingerprint density at radius 1 is 1.14 bits per heavy atom. The number of rotatable bonds is 3. The number of imide groups is 1. The summed E-state index contributed by atoms with van der Waals surface area (Å²) < 4.78 is 0. The van der Waals surface area contributed by atoms with Gasteiger partial charge in [0, 0.05) is 0 Å². The molecule has 0 aromatic heterocycles. The van der Waals surface area contributed by atoms with Crippen LogP contribution in [0.4, 0.5) is 4.79 Å². The number of carbonyl (C=O) groups is 2. The van der Waals surface area contributed by atoms with E-state index >= 15 is 0 Å². The summed E-state index contributed by atoms with van der Waals surface area (Å²) in [5.41, 5.74) is 1.66. The average Bonchev–Trinajstić information content (AvgIpc) is 3.01. The van der Waals surface area contributed by atoms with Gasteiger partial charge >= 0.3 is 6.03 Å². The standard InChI is InChI=1S/C17H22N2O2/c1-12(2)14-7-5-13(6-8-14)11-19-15(20)17(18-16(19)21)9-3-4-10-17/h5-8,12H,3-4,9-11H2,1-2H3,(H,18,21). The number of hydrogen-bond acceptors (Lipinski definition) is 2. The van der Waals surface area contributed by atoms with Crippen LogP contribution in [0.1, 0.15) is 56.6 Å². The van der Waals surface area contributed by atoms with Crippen molar-refractivity contribution in [3.05, 3.63) is 35.4 Å². The Morgan fingerprint density at radius 3 is 2.33 bits per heavy atom. The van der Waals surface area contributed by atoms with Gasteiger partial charge in [0.25, 0.3) is 5.91 Å². The monoisotopic (exact) mass is 286 g/mol. The van der Waals surface area contributed by atoms with Gasteiger partial charge in [0.05, 0.1) is 6.54 Å². The molecule has 1 heterocycles. The van der Waals surface area contributed by atoms with Crippen LogP contribution in [-0.4, -0.2) is 22.4 Å². The highest BCUT2D eigenvalue weighted by molar-refractivity contribution is 6.07. The second-order valence-electron chi connectivity index (χ2n) is 6.51. The van der Waals surface area contributed by atoms with E-state index in [0.717, 1.165) is 31.2 Å². The minimum Gasteiger partial charge on any atom is -0.323 e. The van der Waals surface area contributed by atoms with Crippen molar-refractivity contribution in [3.8, 4) is 0 Å². The van der Waals surface area contributed by atoms with Crippen molar-refractivity contribution in [2.24, 2.45) is 0 Å². The summed E-state index contributed by atoms with van der Waals surface area (Å²) in [7, 11) is 0. The van der Waals surface area contributed by atoms with E-state index in [0.29, 0.717) is 12.5 Å². The number of urea groups is 1. The number of carbonyl (C=O) groups excluding carboxylic acids is 2. The molecule has 1 saturated carbocycles. The van der Waals surface area contributed by atoms with Crippen molar-refractivity contribution >= 4 is 11.9 Å². The lowest BCUT2D eigenvalue weighted by molar-refractivity contribution is -0.131. The maximum absolute atomic E-state index is 12.6. The molecule has 0 bridgehead atoms. The van der Waals surface area contributed by atoms with Crippen molar-refractivity contribution in [1.82, 2.24) is 10.2 Å². The molecule has 3 rings (SSSR count). The van der Waals surface area contributed by atoms with Gasteiger partial charge in [-0.2, -0.15) is 0 Å². The van der Waals surface area contributed by atoms with Crippen LogP contribution in [0.5, 0.6) is 0 Å². The largest absolute Gasteiger partial charge is 0.325 e.